The molecule has 2 rings (SSSR count). The van der Waals surface area contributed by atoms with Crippen molar-refractivity contribution in [3.63, 3.8) is 0 Å². The molecular weight excluding hydrogens is 421 g/mol. The van der Waals surface area contributed by atoms with Crippen LogP contribution >= 0.6 is 0 Å². The molecule has 9 heteroatoms. The van der Waals surface area contributed by atoms with E-state index in [1.54, 1.807) is 0 Å². The Hall–Kier alpha value is -2.65. The molecular formula is C22H30FN3O4S. The number of hydrogen-bond donors (Lipinski definition) is 1. The van der Waals surface area contributed by atoms with Crippen LogP contribution in [0.4, 0.5) is 10.1 Å². The number of carbonyl (C=O) groups is 1. The number of para-hydroxylation sites is 1. The number of halogens is 1. The van der Waals surface area contributed by atoms with Gasteiger partial charge in [0.05, 0.1) is 11.8 Å². The Labute approximate surface area is 184 Å². The Kier molecular flexibility index (Phi) is 8.82. The quantitative estimate of drug-likeness (QED) is 0.533. The van der Waals surface area contributed by atoms with Crippen LogP contribution in [0.2, 0.25) is 0 Å². The zero-order valence-corrected chi connectivity index (χ0v) is 19.2. The van der Waals surface area contributed by atoms with E-state index < -0.39 is 28.5 Å². The summed E-state index contributed by atoms with van der Waals surface area (Å²) >= 11 is 0. The first-order chi connectivity index (χ1) is 14.6. The predicted octanol–water partition coefficient (Wildman–Crippen LogP) is 2.97. The van der Waals surface area contributed by atoms with Crippen molar-refractivity contribution in [3.8, 4) is 5.75 Å². The minimum absolute atomic E-state index is 0.112. The standard InChI is InChI=1S/C22H30FN3O4S/c1-17(2)30-19-13-11-18(12-14-19)8-7-15-24-22(27)16-26(31(28,29)25(3)4)21-10-6-5-9-20(21)23/h5-6,9-14,17H,7-8,15-16H2,1-4H3,(H,24,27). The van der Waals surface area contributed by atoms with Crippen LogP contribution in [0.15, 0.2) is 48.5 Å². The van der Waals surface area contributed by atoms with Crippen LogP contribution in [-0.2, 0) is 21.4 Å². The van der Waals surface area contributed by atoms with Crippen LogP contribution in [-0.4, -0.2) is 51.9 Å². The molecule has 1 N–H and O–H groups in total. The summed E-state index contributed by atoms with van der Waals surface area (Å²) in [6, 6.07) is 13.2. The van der Waals surface area contributed by atoms with E-state index >= 15 is 0 Å². The highest BCUT2D eigenvalue weighted by Crippen LogP contribution is 2.22. The number of ether oxygens (including phenoxy) is 1. The molecule has 31 heavy (non-hydrogen) atoms. The van der Waals surface area contributed by atoms with Crippen molar-refractivity contribution < 1.29 is 22.3 Å². The van der Waals surface area contributed by atoms with Gasteiger partial charge in [-0.15, -0.1) is 0 Å². The lowest BCUT2D eigenvalue weighted by Gasteiger charge is -2.27. The van der Waals surface area contributed by atoms with Crippen molar-refractivity contribution in [1.82, 2.24) is 9.62 Å². The second-order valence-electron chi connectivity index (χ2n) is 7.51. The van der Waals surface area contributed by atoms with Gasteiger partial charge in [0.2, 0.25) is 5.91 Å². The summed E-state index contributed by atoms with van der Waals surface area (Å²) in [5.74, 6) is -0.414. The Morgan fingerprint density at radius 3 is 2.32 bits per heavy atom. The van der Waals surface area contributed by atoms with Crippen molar-refractivity contribution in [3.05, 3.63) is 59.9 Å². The van der Waals surface area contributed by atoms with Crippen molar-refractivity contribution >= 4 is 21.8 Å². The summed E-state index contributed by atoms with van der Waals surface area (Å²) in [5.41, 5.74) is 0.934. The van der Waals surface area contributed by atoms with E-state index in [0.717, 1.165) is 32.4 Å². The minimum atomic E-state index is -4.04. The first-order valence-electron chi connectivity index (χ1n) is 10.1. The maximum atomic E-state index is 14.2. The van der Waals surface area contributed by atoms with Gasteiger partial charge in [0.15, 0.2) is 0 Å². The molecule has 1 amide bonds. The molecule has 0 bridgehead atoms. The highest BCUT2D eigenvalue weighted by molar-refractivity contribution is 7.90. The molecule has 0 spiro atoms. The molecule has 170 valence electrons. The van der Waals surface area contributed by atoms with Gasteiger partial charge in [-0.05, 0) is 56.5 Å². The molecule has 0 aliphatic heterocycles. The van der Waals surface area contributed by atoms with E-state index in [1.165, 1.54) is 32.3 Å². The number of anilines is 1. The fourth-order valence-corrected chi connectivity index (χ4v) is 3.93. The van der Waals surface area contributed by atoms with Gasteiger partial charge in [0.25, 0.3) is 0 Å². The summed E-state index contributed by atoms with van der Waals surface area (Å²) in [5, 5.41) is 2.71. The van der Waals surface area contributed by atoms with Gasteiger partial charge >= 0.3 is 10.2 Å². The first kappa shape index (κ1) is 24.6. The molecule has 0 aromatic heterocycles. The molecule has 2 aromatic rings. The number of hydrogen-bond acceptors (Lipinski definition) is 4. The van der Waals surface area contributed by atoms with Crippen molar-refractivity contribution in [2.45, 2.75) is 32.8 Å². The molecule has 2 aromatic carbocycles. The minimum Gasteiger partial charge on any atom is -0.491 e. The van der Waals surface area contributed by atoms with Gasteiger partial charge in [0.1, 0.15) is 18.1 Å². The van der Waals surface area contributed by atoms with E-state index in [4.69, 9.17) is 4.74 Å². The summed E-state index contributed by atoms with van der Waals surface area (Å²) in [7, 11) is -1.38. The number of rotatable bonds is 11. The molecule has 7 nitrogen and oxygen atoms in total. The zero-order chi connectivity index (χ0) is 23.0. The smallest absolute Gasteiger partial charge is 0.304 e. The predicted molar refractivity (Wildman–Crippen MR) is 120 cm³/mol. The largest absolute Gasteiger partial charge is 0.491 e. The third-order valence-corrected chi connectivity index (χ3v) is 6.21. The van der Waals surface area contributed by atoms with Crippen molar-refractivity contribution in [2.75, 3.05) is 31.5 Å². The molecule has 0 saturated carbocycles. The average Bonchev–Trinajstić information content (AvgIpc) is 2.70. The maximum absolute atomic E-state index is 14.2. The Morgan fingerprint density at radius 2 is 1.74 bits per heavy atom. The fourth-order valence-electron chi connectivity index (χ4n) is 2.86. The Morgan fingerprint density at radius 1 is 1.10 bits per heavy atom. The number of amides is 1. The van der Waals surface area contributed by atoms with E-state index in [1.807, 2.05) is 38.1 Å². The van der Waals surface area contributed by atoms with Gasteiger partial charge in [-0.1, -0.05) is 24.3 Å². The van der Waals surface area contributed by atoms with E-state index in [9.17, 15) is 17.6 Å². The van der Waals surface area contributed by atoms with Crippen molar-refractivity contribution in [2.24, 2.45) is 0 Å². The molecule has 0 aliphatic rings. The number of aryl methyl sites for hydroxylation is 1. The van der Waals surface area contributed by atoms with Gasteiger partial charge in [-0.3, -0.25) is 4.79 Å². The molecule has 0 heterocycles. The molecule has 0 atom stereocenters. The Bertz CT molecular complexity index is 963. The van der Waals surface area contributed by atoms with Crippen LogP contribution in [0, 0.1) is 5.82 Å². The first-order valence-corrected chi connectivity index (χ1v) is 11.5. The topological polar surface area (TPSA) is 79.0 Å². The summed E-state index contributed by atoms with van der Waals surface area (Å²) < 4.78 is 46.8. The SMILES string of the molecule is CC(C)Oc1ccc(CCCNC(=O)CN(c2ccccc2F)S(=O)(=O)N(C)C)cc1. The average molecular weight is 452 g/mol. The van der Waals surface area contributed by atoms with Gasteiger partial charge in [-0.25, -0.2) is 8.70 Å². The molecule has 0 radical (unpaired) electrons. The number of carbonyl (C=O) groups excluding carboxylic acids is 1. The van der Waals surface area contributed by atoms with Gasteiger partial charge in [-0.2, -0.15) is 12.7 Å². The number of nitrogens with zero attached hydrogens (tertiary/aromatic N) is 2. The summed E-state index contributed by atoms with van der Waals surface area (Å²) in [6.07, 6.45) is 1.53. The monoisotopic (exact) mass is 451 g/mol. The molecule has 0 aliphatic carbocycles. The third kappa shape index (κ3) is 7.22. The second-order valence-corrected chi connectivity index (χ2v) is 9.58. The molecule has 0 saturated heterocycles. The van der Waals surface area contributed by atoms with Gasteiger partial charge < -0.3 is 10.1 Å². The summed E-state index contributed by atoms with van der Waals surface area (Å²) in [4.78, 5) is 12.4. The van der Waals surface area contributed by atoms with Crippen molar-refractivity contribution in [1.29, 1.82) is 0 Å². The van der Waals surface area contributed by atoms with E-state index in [-0.39, 0.29) is 11.8 Å². The van der Waals surface area contributed by atoms with Crippen LogP contribution in [0.3, 0.4) is 0 Å². The maximum Gasteiger partial charge on any atom is 0.304 e. The lowest BCUT2D eigenvalue weighted by Crippen LogP contribution is -2.46. The summed E-state index contributed by atoms with van der Waals surface area (Å²) in [6.45, 7) is 3.79. The zero-order valence-electron chi connectivity index (χ0n) is 18.3. The lowest BCUT2D eigenvalue weighted by molar-refractivity contribution is -0.119. The number of nitrogens with one attached hydrogen (secondary N) is 1. The number of benzene rings is 2. The fraction of sp³-hybridized carbons (Fsp3) is 0.409. The van der Waals surface area contributed by atoms with Crippen LogP contribution in [0.25, 0.3) is 0 Å². The second kappa shape index (κ2) is 11.1. The highest BCUT2D eigenvalue weighted by Gasteiger charge is 2.29. The Balaban J connectivity index is 1.92. The lowest BCUT2D eigenvalue weighted by atomic mass is 10.1. The van der Waals surface area contributed by atoms with E-state index in [0.29, 0.717) is 13.0 Å². The van der Waals surface area contributed by atoms with E-state index in [2.05, 4.69) is 5.32 Å². The molecule has 0 unspecified atom stereocenters. The van der Waals surface area contributed by atoms with Crippen LogP contribution in [0.1, 0.15) is 25.8 Å². The third-order valence-electron chi connectivity index (χ3n) is 4.41. The van der Waals surface area contributed by atoms with Crippen LogP contribution < -0.4 is 14.4 Å². The molecule has 0 fully saturated rings. The normalized spacial score (nSPS) is 11.6. The highest BCUT2D eigenvalue weighted by atomic mass is 32.2. The van der Waals surface area contributed by atoms with Crippen LogP contribution in [0.5, 0.6) is 5.75 Å². The van der Waals surface area contributed by atoms with Gasteiger partial charge in [0, 0.05) is 20.6 Å².